The fourth-order valence-electron chi connectivity index (χ4n) is 0.748. The van der Waals surface area contributed by atoms with E-state index >= 15 is 0 Å². The quantitative estimate of drug-likeness (QED) is 0.663. The molecule has 1 aromatic heterocycles. The standard InChI is InChI=1S/C8H13N3/c1-8(2,3)11-7-6-9-4-5-10-7/h4-6H,1-3H3,(H,10,11). The summed E-state index contributed by atoms with van der Waals surface area (Å²) in [6, 6.07) is 0. The third kappa shape index (κ3) is 2.98. The van der Waals surface area contributed by atoms with Crippen molar-refractivity contribution in [1.29, 1.82) is 0 Å². The van der Waals surface area contributed by atoms with Gasteiger partial charge in [0.1, 0.15) is 5.82 Å². The summed E-state index contributed by atoms with van der Waals surface area (Å²) in [5.74, 6) is 0.819. The first-order valence-corrected chi connectivity index (χ1v) is 3.62. The molecular formula is C8H13N3. The molecule has 0 aromatic carbocycles. The van der Waals surface area contributed by atoms with Gasteiger partial charge in [-0.25, -0.2) is 4.98 Å². The third-order valence-electron chi connectivity index (χ3n) is 1.07. The van der Waals surface area contributed by atoms with E-state index in [0.29, 0.717) is 0 Å². The topological polar surface area (TPSA) is 37.8 Å². The highest BCUT2D eigenvalue weighted by Gasteiger charge is 2.08. The zero-order valence-electron chi connectivity index (χ0n) is 7.13. The van der Waals surface area contributed by atoms with Crippen LogP contribution in [-0.4, -0.2) is 15.5 Å². The minimum Gasteiger partial charge on any atom is -0.364 e. The van der Waals surface area contributed by atoms with Gasteiger partial charge in [0.05, 0.1) is 6.20 Å². The number of anilines is 1. The summed E-state index contributed by atoms with van der Waals surface area (Å²) in [4.78, 5) is 8.03. The van der Waals surface area contributed by atoms with Crippen LogP contribution in [0.1, 0.15) is 20.8 Å². The van der Waals surface area contributed by atoms with E-state index < -0.39 is 0 Å². The SMILES string of the molecule is CC(C)(C)Nc1cnccn1. The van der Waals surface area contributed by atoms with Crippen molar-refractivity contribution in [1.82, 2.24) is 9.97 Å². The van der Waals surface area contributed by atoms with E-state index in [9.17, 15) is 0 Å². The second-order valence-corrected chi connectivity index (χ2v) is 3.47. The molecule has 1 rings (SSSR count). The number of hydrogen-bond acceptors (Lipinski definition) is 3. The van der Waals surface area contributed by atoms with Crippen molar-refractivity contribution >= 4 is 5.82 Å². The first kappa shape index (κ1) is 7.98. The lowest BCUT2D eigenvalue weighted by Crippen LogP contribution is -2.26. The molecule has 11 heavy (non-hydrogen) atoms. The highest BCUT2D eigenvalue weighted by Crippen LogP contribution is 2.08. The number of nitrogens with zero attached hydrogens (tertiary/aromatic N) is 2. The molecule has 3 heteroatoms. The molecule has 0 radical (unpaired) electrons. The Morgan fingerprint density at radius 3 is 2.45 bits per heavy atom. The molecule has 60 valence electrons. The van der Waals surface area contributed by atoms with Crippen LogP contribution in [0, 0.1) is 0 Å². The van der Waals surface area contributed by atoms with Crippen LogP contribution in [0.15, 0.2) is 18.6 Å². The molecule has 1 N–H and O–H groups in total. The van der Waals surface area contributed by atoms with E-state index in [0.717, 1.165) is 5.82 Å². The third-order valence-corrected chi connectivity index (χ3v) is 1.07. The molecule has 0 atom stereocenters. The van der Waals surface area contributed by atoms with Gasteiger partial charge in [-0.05, 0) is 20.8 Å². The molecule has 3 nitrogen and oxygen atoms in total. The lowest BCUT2D eigenvalue weighted by molar-refractivity contribution is 0.629. The summed E-state index contributed by atoms with van der Waals surface area (Å²) in [6.45, 7) is 6.26. The van der Waals surface area contributed by atoms with Crippen LogP contribution in [0.3, 0.4) is 0 Å². The van der Waals surface area contributed by atoms with Crippen LogP contribution >= 0.6 is 0 Å². The number of aromatic nitrogens is 2. The van der Waals surface area contributed by atoms with Crippen molar-refractivity contribution < 1.29 is 0 Å². The summed E-state index contributed by atoms with van der Waals surface area (Å²) in [6.07, 6.45) is 5.05. The van der Waals surface area contributed by atoms with Gasteiger partial charge < -0.3 is 5.32 Å². The lowest BCUT2D eigenvalue weighted by Gasteiger charge is -2.20. The van der Waals surface area contributed by atoms with Crippen LogP contribution < -0.4 is 5.32 Å². The van der Waals surface area contributed by atoms with E-state index in [1.165, 1.54) is 0 Å². The highest BCUT2D eigenvalue weighted by molar-refractivity contribution is 5.32. The van der Waals surface area contributed by atoms with E-state index in [-0.39, 0.29) is 5.54 Å². The summed E-state index contributed by atoms with van der Waals surface area (Å²) < 4.78 is 0. The average Bonchev–Trinajstić information content (AvgIpc) is 1.85. The van der Waals surface area contributed by atoms with Gasteiger partial charge in [-0.1, -0.05) is 0 Å². The first-order chi connectivity index (χ1) is 5.08. The molecule has 0 amide bonds. The molecule has 0 fully saturated rings. The highest BCUT2D eigenvalue weighted by atomic mass is 15.0. The van der Waals surface area contributed by atoms with Gasteiger partial charge in [0.25, 0.3) is 0 Å². The predicted molar refractivity (Wildman–Crippen MR) is 45.4 cm³/mol. The number of rotatable bonds is 1. The molecule has 1 aromatic rings. The smallest absolute Gasteiger partial charge is 0.144 e. The minimum absolute atomic E-state index is 0.0516. The predicted octanol–water partition coefficient (Wildman–Crippen LogP) is 1.69. The van der Waals surface area contributed by atoms with Gasteiger partial charge in [-0.3, -0.25) is 4.98 Å². The maximum atomic E-state index is 4.09. The summed E-state index contributed by atoms with van der Waals surface area (Å²) in [5, 5.41) is 3.21. The van der Waals surface area contributed by atoms with Crippen LogP contribution in [-0.2, 0) is 0 Å². The van der Waals surface area contributed by atoms with E-state index in [1.54, 1.807) is 18.6 Å². The van der Waals surface area contributed by atoms with Crippen molar-refractivity contribution in [3.8, 4) is 0 Å². The molecule has 0 aliphatic heterocycles. The van der Waals surface area contributed by atoms with Gasteiger partial charge in [-0.15, -0.1) is 0 Å². The molecule has 0 unspecified atom stereocenters. The molecule has 0 saturated heterocycles. The van der Waals surface area contributed by atoms with Crippen LogP contribution in [0.5, 0.6) is 0 Å². The normalized spacial score (nSPS) is 11.2. The maximum absolute atomic E-state index is 4.09. The Labute approximate surface area is 66.9 Å². The Morgan fingerprint density at radius 1 is 1.27 bits per heavy atom. The maximum Gasteiger partial charge on any atom is 0.144 e. The Morgan fingerprint density at radius 2 is 2.00 bits per heavy atom. The zero-order chi connectivity index (χ0) is 8.32. The Hall–Kier alpha value is -1.12. The van der Waals surface area contributed by atoms with Crippen LogP contribution in [0.25, 0.3) is 0 Å². The lowest BCUT2D eigenvalue weighted by atomic mass is 10.1. The summed E-state index contributed by atoms with van der Waals surface area (Å²) >= 11 is 0. The molecule has 0 aliphatic rings. The van der Waals surface area contributed by atoms with E-state index in [1.807, 2.05) is 0 Å². The molecule has 1 heterocycles. The van der Waals surface area contributed by atoms with E-state index in [4.69, 9.17) is 0 Å². The molecule has 0 saturated carbocycles. The van der Waals surface area contributed by atoms with Crippen molar-refractivity contribution in [3.63, 3.8) is 0 Å². The van der Waals surface area contributed by atoms with Crippen molar-refractivity contribution in [2.45, 2.75) is 26.3 Å². The van der Waals surface area contributed by atoms with Gasteiger partial charge in [-0.2, -0.15) is 0 Å². The summed E-state index contributed by atoms with van der Waals surface area (Å²) in [7, 11) is 0. The summed E-state index contributed by atoms with van der Waals surface area (Å²) in [5.41, 5.74) is 0.0516. The van der Waals surface area contributed by atoms with Crippen LogP contribution in [0.2, 0.25) is 0 Å². The van der Waals surface area contributed by atoms with Gasteiger partial charge in [0.2, 0.25) is 0 Å². The molecule has 0 spiro atoms. The first-order valence-electron chi connectivity index (χ1n) is 3.62. The largest absolute Gasteiger partial charge is 0.364 e. The van der Waals surface area contributed by atoms with Gasteiger partial charge in [0, 0.05) is 17.9 Å². The van der Waals surface area contributed by atoms with Gasteiger partial charge in [0.15, 0.2) is 0 Å². The molecule has 0 aliphatic carbocycles. The second kappa shape index (κ2) is 2.86. The monoisotopic (exact) mass is 151 g/mol. The Kier molecular flexibility index (Phi) is 2.08. The minimum atomic E-state index is 0.0516. The molecular weight excluding hydrogens is 138 g/mol. The zero-order valence-corrected chi connectivity index (χ0v) is 7.13. The number of nitrogens with one attached hydrogen (secondary N) is 1. The second-order valence-electron chi connectivity index (χ2n) is 3.47. The van der Waals surface area contributed by atoms with Crippen molar-refractivity contribution in [2.75, 3.05) is 5.32 Å². The Balaban J connectivity index is 2.66. The van der Waals surface area contributed by atoms with Gasteiger partial charge >= 0.3 is 0 Å². The van der Waals surface area contributed by atoms with Crippen LogP contribution in [0.4, 0.5) is 5.82 Å². The fraction of sp³-hybridized carbons (Fsp3) is 0.500. The molecule has 0 bridgehead atoms. The van der Waals surface area contributed by atoms with E-state index in [2.05, 4.69) is 36.1 Å². The van der Waals surface area contributed by atoms with Crippen molar-refractivity contribution in [3.05, 3.63) is 18.6 Å². The average molecular weight is 151 g/mol. The Bertz CT molecular complexity index is 213. The fourth-order valence-corrected chi connectivity index (χ4v) is 0.748. The number of hydrogen-bond donors (Lipinski definition) is 1. The van der Waals surface area contributed by atoms with Crippen molar-refractivity contribution in [2.24, 2.45) is 0 Å².